The number of nitrogens with one attached hydrogen (secondary N) is 1. The van der Waals surface area contributed by atoms with Crippen molar-refractivity contribution >= 4 is 40.4 Å². The van der Waals surface area contributed by atoms with Crippen molar-refractivity contribution in [3.8, 4) is 0 Å². The highest BCUT2D eigenvalue weighted by molar-refractivity contribution is 7.80. The number of hydrogen-bond acceptors (Lipinski definition) is 2. The molecule has 0 radical (unpaired) electrons. The van der Waals surface area contributed by atoms with E-state index >= 15 is 0 Å². The molecule has 3 N–H and O–H groups in total. The summed E-state index contributed by atoms with van der Waals surface area (Å²) in [4.78, 5) is 11.9. The number of rotatable bonds is 4. The van der Waals surface area contributed by atoms with Gasteiger partial charge in [0.15, 0.2) is 0 Å². The molecule has 1 rings (SSSR count). The van der Waals surface area contributed by atoms with Crippen LogP contribution in [0.4, 0.5) is 5.69 Å². The van der Waals surface area contributed by atoms with E-state index in [1.54, 1.807) is 24.3 Å². The molecule has 0 bridgehead atoms. The Bertz CT molecular complexity index is 409. The van der Waals surface area contributed by atoms with E-state index in [1.165, 1.54) is 0 Å². The maximum Gasteiger partial charge on any atom is 0.225 e. The summed E-state index contributed by atoms with van der Waals surface area (Å²) in [6.07, 6.45) is 0.264. The number of hydrogen-bond donors (Lipinski definition) is 2. The molecule has 1 aromatic rings. The molecule has 1 amide bonds. The third kappa shape index (κ3) is 3.79. The van der Waals surface area contributed by atoms with Gasteiger partial charge in [0.2, 0.25) is 5.91 Å². The van der Waals surface area contributed by atoms with Gasteiger partial charge in [-0.05, 0) is 12.1 Å². The van der Waals surface area contributed by atoms with Gasteiger partial charge in [-0.2, -0.15) is 0 Å². The number of thiocarbonyl (C=S) groups is 1. The van der Waals surface area contributed by atoms with E-state index in [-0.39, 0.29) is 18.2 Å². The van der Waals surface area contributed by atoms with Gasteiger partial charge in [0, 0.05) is 12.3 Å². The molecule has 0 saturated carbocycles. The number of benzene rings is 1. The SMILES string of the molecule is CC(CC(=O)Nc1ccccc1Cl)C(N)=S. The second-order valence-corrected chi connectivity index (χ2v) is 4.41. The van der Waals surface area contributed by atoms with Gasteiger partial charge in [-0.15, -0.1) is 0 Å². The zero-order valence-corrected chi connectivity index (χ0v) is 10.4. The highest BCUT2D eigenvalue weighted by atomic mass is 35.5. The Hall–Kier alpha value is -1.13. The van der Waals surface area contributed by atoms with E-state index in [4.69, 9.17) is 29.6 Å². The summed E-state index contributed by atoms with van der Waals surface area (Å²) in [6.45, 7) is 1.81. The number of nitrogens with two attached hydrogens (primary N) is 1. The van der Waals surface area contributed by atoms with Crippen LogP contribution in [0, 0.1) is 5.92 Å². The molecule has 0 spiro atoms. The lowest BCUT2D eigenvalue weighted by atomic mass is 10.1. The van der Waals surface area contributed by atoms with Crippen LogP contribution in [-0.2, 0) is 4.79 Å². The van der Waals surface area contributed by atoms with Crippen molar-refractivity contribution < 1.29 is 4.79 Å². The molecule has 1 aromatic carbocycles. The zero-order chi connectivity index (χ0) is 12.1. The van der Waals surface area contributed by atoms with Gasteiger partial charge in [-0.3, -0.25) is 4.79 Å². The first-order chi connectivity index (χ1) is 7.50. The first kappa shape index (κ1) is 12.9. The Kier molecular flexibility index (Phi) is 4.71. The second-order valence-electron chi connectivity index (χ2n) is 3.54. The van der Waals surface area contributed by atoms with Crippen LogP contribution in [0.15, 0.2) is 24.3 Å². The van der Waals surface area contributed by atoms with Crippen LogP contribution in [0.25, 0.3) is 0 Å². The molecule has 0 fully saturated rings. The second kappa shape index (κ2) is 5.82. The standard InChI is InChI=1S/C11H13ClN2OS/c1-7(11(13)16)6-10(15)14-9-5-3-2-4-8(9)12/h2-5,7H,6H2,1H3,(H2,13,16)(H,14,15). The van der Waals surface area contributed by atoms with Crippen molar-refractivity contribution in [2.45, 2.75) is 13.3 Å². The van der Waals surface area contributed by atoms with E-state index < -0.39 is 0 Å². The van der Waals surface area contributed by atoms with Gasteiger partial charge in [-0.25, -0.2) is 0 Å². The van der Waals surface area contributed by atoms with Crippen molar-refractivity contribution in [1.29, 1.82) is 0 Å². The van der Waals surface area contributed by atoms with Crippen LogP contribution in [0.2, 0.25) is 5.02 Å². The smallest absolute Gasteiger partial charge is 0.225 e. The van der Waals surface area contributed by atoms with E-state index in [0.717, 1.165) is 0 Å². The van der Waals surface area contributed by atoms with Crippen LogP contribution >= 0.6 is 23.8 Å². The van der Waals surface area contributed by atoms with Crippen molar-refractivity contribution in [3.63, 3.8) is 0 Å². The summed E-state index contributed by atoms with van der Waals surface area (Å²) in [5.74, 6) is -0.258. The minimum Gasteiger partial charge on any atom is -0.393 e. The Morgan fingerprint density at radius 2 is 2.19 bits per heavy atom. The Balaban J connectivity index is 2.59. The normalized spacial score (nSPS) is 11.9. The fourth-order valence-electron chi connectivity index (χ4n) is 1.14. The molecule has 5 heteroatoms. The molecule has 3 nitrogen and oxygen atoms in total. The number of para-hydroxylation sites is 1. The quantitative estimate of drug-likeness (QED) is 0.815. The molecule has 0 aromatic heterocycles. The summed E-state index contributed by atoms with van der Waals surface area (Å²) < 4.78 is 0. The maximum atomic E-state index is 11.6. The van der Waals surface area contributed by atoms with E-state index in [9.17, 15) is 4.79 Å². The molecular formula is C11H13ClN2OS. The third-order valence-electron chi connectivity index (χ3n) is 2.13. The lowest BCUT2D eigenvalue weighted by Crippen LogP contribution is -2.24. The minimum absolute atomic E-state index is 0.113. The van der Waals surface area contributed by atoms with Crippen LogP contribution in [0.5, 0.6) is 0 Å². The first-order valence-corrected chi connectivity index (χ1v) is 5.63. The first-order valence-electron chi connectivity index (χ1n) is 4.84. The predicted molar refractivity (Wildman–Crippen MR) is 70.6 cm³/mol. The van der Waals surface area contributed by atoms with Crippen molar-refractivity contribution in [2.75, 3.05) is 5.32 Å². The number of halogens is 1. The van der Waals surface area contributed by atoms with Crippen molar-refractivity contribution in [2.24, 2.45) is 11.7 Å². The molecule has 1 atom stereocenters. The van der Waals surface area contributed by atoms with Gasteiger partial charge in [0.25, 0.3) is 0 Å². The van der Waals surface area contributed by atoms with Crippen molar-refractivity contribution in [1.82, 2.24) is 0 Å². The Labute approximate surface area is 105 Å². The molecule has 0 saturated heterocycles. The molecule has 0 aliphatic rings. The van der Waals surface area contributed by atoms with Crippen LogP contribution in [0.1, 0.15) is 13.3 Å². The van der Waals surface area contributed by atoms with E-state index in [1.807, 2.05) is 6.92 Å². The molecule has 16 heavy (non-hydrogen) atoms. The van der Waals surface area contributed by atoms with Crippen LogP contribution in [0.3, 0.4) is 0 Å². The van der Waals surface area contributed by atoms with E-state index in [0.29, 0.717) is 15.7 Å². The van der Waals surface area contributed by atoms with Crippen LogP contribution in [-0.4, -0.2) is 10.9 Å². The molecular weight excluding hydrogens is 244 g/mol. The summed E-state index contributed by atoms with van der Waals surface area (Å²) in [7, 11) is 0. The van der Waals surface area contributed by atoms with Gasteiger partial charge in [0.1, 0.15) is 0 Å². The third-order valence-corrected chi connectivity index (χ3v) is 2.86. The Morgan fingerprint density at radius 3 is 2.75 bits per heavy atom. The molecule has 0 aliphatic heterocycles. The Morgan fingerprint density at radius 1 is 1.56 bits per heavy atom. The maximum absolute atomic E-state index is 11.6. The summed E-state index contributed by atoms with van der Waals surface area (Å²) >= 11 is 10.7. The monoisotopic (exact) mass is 256 g/mol. The van der Waals surface area contributed by atoms with E-state index in [2.05, 4.69) is 5.32 Å². The number of carbonyl (C=O) groups excluding carboxylic acids is 1. The lowest BCUT2D eigenvalue weighted by molar-refractivity contribution is -0.116. The van der Waals surface area contributed by atoms with Gasteiger partial charge < -0.3 is 11.1 Å². The predicted octanol–water partition coefficient (Wildman–Crippen LogP) is 2.59. The van der Waals surface area contributed by atoms with Crippen molar-refractivity contribution in [3.05, 3.63) is 29.3 Å². The fourth-order valence-corrected chi connectivity index (χ4v) is 1.41. The minimum atomic E-state index is -0.145. The van der Waals surface area contributed by atoms with Gasteiger partial charge >= 0.3 is 0 Å². The molecule has 1 unspecified atom stereocenters. The highest BCUT2D eigenvalue weighted by Gasteiger charge is 2.12. The fraction of sp³-hybridized carbons (Fsp3) is 0.273. The molecule has 0 heterocycles. The average molecular weight is 257 g/mol. The highest BCUT2D eigenvalue weighted by Crippen LogP contribution is 2.20. The molecule has 0 aliphatic carbocycles. The van der Waals surface area contributed by atoms with Crippen LogP contribution < -0.4 is 11.1 Å². The number of anilines is 1. The summed E-state index contributed by atoms with van der Waals surface area (Å²) in [5.41, 5.74) is 6.03. The van der Waals surface area contributed by atoms with Gasteiger partial charge in [0.05, 0.1) is 15.7 Å². The average Bonchev–Trinajstić information content (AvgIpc) is 2.21. The summed E-state index contributed by atoms with van der Waals surface area (Å²) in [5, 5.41) is 3.22. The topological polar surface area (TPSA) is 55.1 Å². The zero-order valence-electron chi connectivity index (χ0n) is 8.87. The number of carbonyl (C=O) groups is 1. The van der Waals surface area contributed by atoms with Gasteiger partial charge in [-0.1, -0.05) is 42.9 Å². The number of amides is 1. The largest absolute Gasteiger partial charge is 0.393 e. The lowest BCUT2D eigenvalue weighted by Gasteiger charge is -2.10. The molecule has 86 valence electrons. The summed E-state index contributed by atoms with van der Waals surface area (Å²) in [6, 6.07) is 7.06.